The van der Waals surface area contributed by atoms with Crippen molar-refractivity contribution >= 4 is 0 Å². The van der Waals surface area contributed by atoms with Gasteiger partial charge >= 0.3 is 0 Å². The van der Waals surface area contributed by atoms with Gasteiger partial charge in [0.2, 0.25) is 0 Å². The van der Waals surface area contributed by atoms with Gasteiger partial charge in [-0.25, -0.2) is 4.98 Å². The van der Waals surface area contributed by atoms with Gasteiger partial charge in [-0.2, -0.15) is 5.10 Å². The van der Waals surface area contributed by atoms with Crippen molar-refractivity contribution in [1.82, 2.24) is 15.2 Å². The highest BCUT2D eigenvalue weighted by Crippen LogP contribution is 2.19. The lowest BCUT2D eigenvalue weighted by Gasteiger charge is -2.07. The molecule has 23 heavy (non-hydrogen) atoms. The highest BCUT2D eigenvalue weighted by atomic mass is 16.5. The summed E-state index contributed by atoms with van der Waals surface area (Å²) in [6.07, 6.45) is 0. The van der Waals surface area contributed by atoms with Crippen LogP contribution < -0.4 is 15.2 Å². The Balaban J connectivity index is 1.62. The molecule has 3 N–H and O–H groups in total. The topological polar surface area (TPSA) is 86.1 Å². The summed E-state index contributed by atoms with van der Waals surface area (Å²) in [6.45, 7) is 0.292. The lowest BCUT2D eigenvalue weighted by molar-refractivity contribution is 0.295. The van der Waals surface area contributed by atoms with Crippen molar-refractivity contribution in [1.29, 1.82) is 0 Å². The van der Waals surface area contributed by atoms with E-state index in [1.165, 1.54) is 0 Å². The van der Waals surface area contributed by atoms with Crippen molar-refractivity contribution in [2.45, 2.75) is 12.6 Å². The molecule has 1 heterocycles. The third-order valence-corrected chi connectivity index (χ3v) is 3.42. The number of nitrogens with one attached hydrogen (secondary N) is 1. The molecular weight excluding hydrogens is 292 g/mol. The van der Waals surface area contributed by atoms with Crippen LogP contribution >= 0.6 is 0 Å². The Labute approximate surface area is 134 Å². The van der Waals surface area contributed by atoms with Crippen LogP contribution in [0, 0.1) is 0 Å². The Morgan fingerprint density at radius 2 is 1.74 bits per heavy atom. The molecule has 3 rings (SSSR count). The Kier molecular flexibility index (Phi) is 4.54. The molecule has 0 saturated heterocycles. The van der Waals surface area contributed by atoms with E-state index in [2.05, 4.69) is 15.2 Å². The minimum Gasteiger partial charge on any atom is -0.497 e. The third-order valence-electron chi connectivity index (χ3n) is 3.42. The van der Waals surface area contributed by atoms with E-state index in [9.17, 15) is 0 Å². The van der Waals surface area contributed by atoms with Crippen LogP contribution in [0.15, 0.2) is 54.6 Å². The predicted molar refractivity (Wildman–Crippen MR) is 86.2 cm³/mol. The molecule has 0 aliphatic heterocycles. The van der Waals surface area contributed by atoms with Crippen LogP contribution in [0.4, 0.5) is 0 Å². The quantitative estimate of drug-likeness (QED) is 0.730. The first kappa shape index (κ1) is 15.1. The Hall–Kier alpha value is -2.86. The summed E-state index contributed by atoms with van der Waals surface area (Å²) in [5.74, 6) is 2.69. The van der Waals surface area contributed by atoms with Crippen LogP contribution in [0.25, 0.3) is 0 Å². The summed E-state index contributed by atoms with van der Waals surface area (Å²) in [7, 11) is 1.63. The van der Waals surface area contributed by atoms with Crippen LogP contribution in [0.3, 0.4) is 0 Å². The number of nitrogens with two attached hydrogens (primary N) is 1. The molecule has 2 aromatic carbocycles. The number of rotatable bonds is 6. The molecule has 1 aromatic heterocycles. The van der Waals surface area contributed by atoms with E-state index in [1.54, 1.807) is 7.11 Å². The summed E-state index contributed by atoms with van der Waals surface area (Å²) >= 11 is 0. The average molecular weight is 310 g/mol. The molecule has 0 bridgehead atoms. The molecular formula is C17H18N4O2. The Morgan fingerprint density at radius 1 is 1.04 bits per heavy atom. The zero-order valence-electron chi connectivity index (χ0n) is 12.8. The fourth-order valence-electron chi connectivity index (χ4n) is 2.15. The first-order valence-corrected chi connectivity index (χ1v) is 7.25. The number of hydrogen-bond acceptors (Lipinski definition) is 5. The molecule has 3 aromatic rings. The van der Waals surface area contributed by atoms with Crippen molar-refractivity contribution in [2.75, 3.05) is 7.11 Å². The minimum absolute atomic E-state index is 0.292. The molecule has 6 heteroatoms. The zero-order valence-corrected chi connectivity index (χ0v) is 12.8. The van der Waals surface area contributed by atoms with Crippen molar-refractivity contribution in [3.05, 3.63) is 71.8 Å². The van der Waals surface area contributed by atoms with E-state index < -0.39 is 0 Å². The van der Waals surface area contributed by atoms with Gasteiger partial charge in [0.15, 0.2) is 11.6 Å². The van der Waals surface area contributed by atoms with E-state index in [0.29, 0.717) is 18.3 Å². The molecule has 0 saturated carbocycles. The normalized spacial score (nSPS) is 11.9. The van der Waals surface area contributed by atoms with E-state index in [4.69, 9.17) is 15.2 Å². The maximum atomic E-state index is 6.17. The van der Waals surface area contributed by atoms with Crippen LogP contribution in [-0.2, 0) is 6.61 Å². The molecule has 0 spiro atoms. The SMILES string of the molecule is COc1ccc(OCc2nc([C@@H](N)c3ccccc3)n[nH]2)cc1. The molecule has 0 unspecified atom stereocenters. The number of H-pyrrole nitrogens is 1. The average Bonchev–Trinajstić information content (AvgIpc) is 3.09. The maximum absolute atomic E-state index is 6.17. The summed E-state index contributed by atoms with van der Waals surface area (Å²) in [5, 5.41) is 7.03. The summed E-state index contributed by atoms with van der Waals surface area (Å²) in [6, 6.07) is 16.7. The summed E-state index contributed by atoms with van der Waals surface area (Å²) in [4.78, 5) is 4.39. The number of nitrogens with zero attached hydrogens (tertiary/aromatic N) is 2. The zero-order chi connectivity index (χ0) is 16.1. The standard InChI is InChI=1S/C17H18N4O2/c1-22-13-7-9-14(10-8-13)23-11-15-19-17(21-20-15)16(18)12-5-3-2-4-6-12/h2-10,16H,11,18H2,1H3,(H,19,20,21)/t16-/m0/s1. The number of ether oxygens (including phenoxy) is 2. The van der Waals surface area contributed by atoms with Gasteiger partial charge in [0.25, 0.3) is 0 Å². The highest BCUT2D eigenvalue weighted by molar-refractivity contribution is 5.31. The van der Waals surface area contributed by atoms with Crippen molar-refractivity contribution in [2.24, 2.45) is 5.73 Å². The van der Waals surface area contributed by atoms with Crippen LogP contribution in [0.1, 0.15) is 23.3 Å². The van der Waals surface area contributed by atoms with Gasteiger partial charge in [-0.3, -0.25) is 5.10 Å². The van der Waals surface area contributed by atoms with Gasteiger partial charge in [-0.05, 0) is 29.8 Å². The fraction of sp³-hybridized carbons (Fsp3) is 0.176. The van der Waals surface area contributed by atoms with Gasteiger partial charge in [0.1, 0.15) is 18.1 Å². The molecule has 0 amide bonds. The molecule has 0 fully saturated rings. The van der Waals surface area contributed by atoms with E-state index >= 15 is 0 Å². The molecule has 0 aliphatic rings. The van der Waals surface area contributed by atoms with E-state index in [1.807, 2.05) is 54.6 Å². The lowest BCUT2D eigenvalue weighted by Crippen LogP contribution is -2.13. The summed E-state index contributed by atoms with van der Waals surface area (Å²) in [5.41, 5.74) is 7.14. The largest absolute Gasteiger partial charge is 0.497 e. The molecule has 0 radical (unpaired) electrons. The van der Waals surface area contributed by atoms with Crippen molar-refractivity contribution < 1.29 is 9.47 Å². The van der Waals surface area contributed by atoms with Crippen LogP contribution in [-0.4, -0.2) is 22.3 Å². The monoisotopic (exact) mass is 310 g/mol. The second-order valence-corrected chi connectivity index (χ2v) is 4.99. The van der Waals surface area contributed by atoms with E-state index in [-0.39, 0.29) is 6.04 Å². The van der Waals surface area contributed by atoms with Crippen molar-refractivity contribution in [3.8, 4) is 11.5 Å². The number of aromatic amines is 1. The van der Waals surface area contributed by atoms with Crippen LogP contribution in [0.2, 0.25) is 0 Å². The first-order chi connectivity index (χ1) is 11.3. The predicted octanol–water partition coefficient (Wildman–Crippen LogP) is 2.44. The highest BCUT2D eigenvalue weighted by Gasteiger charge is 2.14. The lowest BCUT2D eigenvalue weighted by atomic mass is 10.1. The van der Waals surface area contributed by atoms with Gasteiger partial charge in [0.05, 0.1) is 13.2 Å². The fourth-order valence-corrected chi connectivity index (χ4v) is 2.15. The smallest absolute Gasteiger partial charge is 0.172 e. The minimum atomic E-state index is -0.359. The Morgan fingerprint density at radius 3 is 2.43 bits per heavy atom. The van der Waals surface area contributed by atoms with Gasteiger partial charge in [-0.1, -0.05) is 30.3 Å². The number of hydrogen-bond donors (Lipinski definition) is 2. The van der Waals surface area contributed by atoms with Crippen LogP contribution in [0.5, 0.6) is 11.5 Å². The molecule has 118 valence electrons. The second kappa shape index (κ2) is 6.93. The Bertz CT molecular complexity index is 741. The number of methoxy groups -OCH3 is 1. The number of benzene rings is 2. The second-order valence-electron chi connectivity index (χ2n) is 4.99. The van der Waals surface area contributed by atoms with Gasteiger partial charge < -0.3 is 15.2 Å². The third kappa shape index (κ3) is 3.67. The first-order valence-electron chi connectivity index (χ1n) is 7.25. The van der Waals surface area contributed by atoms with E-state index in [0.717, 1.165) is 17.1 Å². The van der Waals surface area contributed by atoms with Crippen molar-refractivity contribution in [3.63, 3.8) is 0 Å². The maximum Gasteiger partial charge on any atom is 0.172 e. The molecule has 0 aliphatic carbocycles. The molecule has 1 atom stereocenters. The van der Waals surface area contributed by atoms with Gasteiger partial charge in [-0.15, -0.1) is 0 Å². The summed E-state index contributed by atoms with van der Waals surface area (Å²) < 4.78 is 10.8. The molecule has 6 nitrogen and oxygen atoms in total. The van der Waals surface area contributed by atoms with Gasteiger partial charge in [0, 0.05) is 0 Å². The number of aromatic nitrogens is 3.